The van der Waals surface area contributed by atoms with Crippen molar-refractivity contribution >= 4 is 94.7 Å². The van der Waals surface area contributed by atoms with Crippen LogP contribution in [0.3, 0.4) is 0 Å². The molecule has 24 N–H and O–H groups in total. The van der Waals surface area contributed by atoms with Gasteiger partial charge < -0.3 is 112 Å². The van der Waals surface area contributed by atoms with Gasteiger partial charge in [-0.1, -0.05) is 88.7 Å². The van der Waals surface area contributed by atoms with Crippen LogP contribution in [0.4, 0.5) is 0 Å². The number of carbonyl (C=O) groups excluding carboxylic acids is 13. The molecule has 13 atom stereocenters. The molecule has 586 valence electrons. The Morgan fingerprint density at radius 2 is 0.822 bits per heavy atom. The number of hydrogen-bond donors (Lipinski definition) is 20. The molecule has 1 heterocycles. The SMILES string of the molecule is CC(C)C[C@H](NC(=O)[C@H](Cc1ccc(O)cc1)NC(=O)[C@@H](NC(=O)[C@H](CC(N)=O)NC(=O)[C@H](CC(=O)O)NC(=O)[C@H](Cc1ccccc1)NC(=O)[C@H](CC(N)=O)NC(=O)[C@H](CC(C)C)NC(=O)[C@H](CC(=O)O)NC(=O)[C@@H]1CCCN1C(=O)[C@H](Cc1ccc(O)cc1)NC(=O)[C@@H](N)CCCCN)[C@@H](C)O)C(=O)O. The van der Waals surface area contributed by atoms with E-state index < -0.39 is 211 Å². The fourth-order valence-electron chi connectivity index (χ4n) is 11.4. The van der Waals surface area contributed by atoms with Crippen LogP contribution in [0.2, 0.25) is 0 Å². The fourth-order valence-corrected chi connectivity index (χ4v) is 11.4. The number of benzene rings is 3. The number of carboxylic acids is 3. The molecule has 1 aliphatic rings. The molecule has 0 saturated carbocycles. The largest absolute Gasteiger partial charge is 0.508 e. The Bertz CT molecular complexity index is 3620. The first-order chi connectivity index (χ1) is 50.3. The van der Waals surface area contributed by atoms with E-state index in [9.17, 15) is 107 Å². The van der Waals surface area contributed by atoms with Crippen molar-refractivity contribution in [3.05, 3.63) is 95.6 Å². The molecule has 1 fully saturated rings. The molecule has 0 spiro atoms. The highest BCUT2D eigenvalue weighted by Gasteiger charge is 2.42. The summed E-state index contributed by atoms with van der Waals surface area (Å²) in [5.74, 6) is -20.8. The summed E-state index contributed by atoms with van der Waals surface area (Å²) in [6, 6.07) is -1.86. The summed E-state index contributed by atoms with van der Waals surface area (Å²) in [4.78, 5) is 219. The van der Waals surface area contributed by atoms with Crippen molar-refractivity contribution < 1.29 is 107 Å². The molecular formula is C70H99N15O22. The number of aliphatic hydroxyl groups excluding tert-OH is 1. The van der Waals surface area contributed by atoms with Gasteiger partial charge in [-0.2, -0.15) is 0 Å². The minimum Gasteiger partial charge on any atom is -0.508 e. The van der Waals surface area contributed by atoms with Crippen LogP contribution in [0.15, 0.2) is 78.9 Å². The number of aromatic hydroxyl groups is 2. The molecule has 0 aliphatic carbocycles. The molecule has 4 rings (SSSR count). The number of hydrogen-bond acceptors (Lipinski definition) is 21. The molecule has 3 aromatic carbocycles. The molecule has 107 heavy (non-hydrogen) atoms. The number of rotatable bonds is 45. The van der Waals surface area contributed by atoms with E-state index in [0.29, 0.717) is 36.1 Å². The van der Waals surface area contributed by atoms with Gasteiger partial charge in [-0.3, -0.25) is 71.9 Å². The predicted octanol–water partition coefficient (Wildman–Crippen LogP) is -4.32. The summed E-state index contributed by atoms with van der Waals surface area (Å²) in [6.07, 6.45) is -5.89. The van der Waals surface area contributed by atoms with Gasteiger partial charge in [0.2, 0.25) is 76.8 Å². The molecule has 1 saturated heterocycles. The van der Waals surface area contributed by atoms with E-state index in [1.54, 1.807) is 33.8 Å². The van der Waals surface area contributed by atoms with Gasteiger partial charge in [0.15, 0.2) is 0 Å². The maximum absolute atomic E-state index is 14.5. The number of amides is 13. The Kier molecular flexibility index (Phi) is 35.5. The van der Waals surface area contributed by atoms with Crippen LogP contribution in [0.1, 0.15) is 122 Å². The van der Waals surface area contributed by atoms with E-state index in [-0.39, 0.29) is 68.9 Å². The third-order valence-corrected chi connectivity index (χ3v) is 16.9. The van der Waals surface area contributed by atoms with Gasteiger partial charge in [-0.15, -0.1) is 0 Å². The second kappa shape index (κ2) is 43.2. The third-order valence-electron chi connectivity index (χ3n) is 16.9. The van der Waals surface area contributed by atoms with Crippen molar-refractivity contribution in [1.29, 1.82) is 0 Å². The molecule has 3 aromatic rings. The van der Waals surface area contributed by atoms with Crippen LogP contribution in [0.5, 0.6) is 11.5 Å². The zero-order valence-electron chi connectivity index (χ0n) is 60.0. The number of aliphatic hydroxyl groups is 1. The number of unbranched alkanes of at least 4 members (excludes halogenated alkanes) is 1. The highest BCUT2D eigenvalue weighted by Crippen LogP contribution is 2.22. The van der Waals surface area contributed by atoms with E-state index in [1.165, 1.54) is 72.8 Å². The van der Waals surface area contributed by atoms with Crippen molar-refractivity contribution in [2.75, 3.05) is 13.1 Å². The lowest BCUT2D eigenvalue weighted by molar-refractivity contribution is -0.144. The van der Waals surface area contributed by atoms with Gasteiger partial charge >= 0.3 is 17.9 Å². The Morgan fingerprint density at radius 3 is 1.26 bits per heavy atom. The smallest absolute Gasteiger partial charge is 0.326 e. The minimum atomic E-state index is -2.20. The van der Waals surface area contributed by atoms with E-state index in [2.05, 4.69) is 53.2 Å². The average Bonchev–Trinajstić information content (AvgIpc) is 1.76. The van der Waals surface area contributed by atoms with Crippen LogP contribution in [-0.2, 0) is 96.0 Å². The first-order valence-corrected chi connectivity index (χ1v) is 34.7. The van der Waals surface area contributed by atoms with E-state index in [4.69, 9.17) is 22.9 Å². The van der Waals surface area contributed by atoms with Gasteiger partial charge in [0.25, 0.3) is 0 Å². The molecule has 0 bridgehead atoms. The molecular weight excluding hydrogens is 1400 g/mol. The first-order valence-electron chi connectivity index (χ1n) is 34.7. The Balaban J connectivity index is 1.59. The maximum Gasteiger partial charge on any atom is 0.326 e. The second-order valence-corrected chi connectivity index (χ2v) is 26.9. The van der Waals surface area contributed by atoms with Crippen LogP contribution >= 0.6 is 0 Å². The average molecular weight is 1500 g/mol. The van der Waals surface area contributed by atoms with Crippen LogP contribution < -0.4 is 76.1 Å². The minimum absolute atomic E-state index is 0.0151. The topological polar surface area (TPSA) is 622 Å². The molecule has 0 aromatic heterocycles. The van der Waals surface area contributed by atoms with Crippen molar-refractivity contribution in [3.8, 4) is 11.5 Å². The van der Waals surface area contributed by atoms with Crippen LogP contribution in [-0.4, -0.2) is 222 Å². The quantitative estimate of drug-likeness (QED) is 0.0238. The first kappa shape index (κ1) is 88.1. The number of phenols is 2. The van der Waals surface area contributed by atoms with Crippen molar-refractivity contribution in [1.82, 2.24) is 58.1 Å². The maximum atomic E-state index is 14.5. The number of phenolic OH excluding ortho intramolecular Hbond substituents is 2. The monoisotopic (exact) mass is 1500 g/mol. The molecule has 1 aliphatic heterocycles. The van der Waals surface area contributed by atoms with E-state index >= 15 is 0 Å². The highest BCUT2D eigenvalue weighted by atomic mass is 16.4. The summed E-state index contributed by atoms with van der Waals surface area (Å²) in [6.45, 7) is 7.98. The zero-order valence-corrected chi connectivity index (χ0v) is 60.0. The summed E-state index contributed by atoms with van der Waals surface area (Å²) >= 11 is 0. The van der Waals surface area contributed by atoms with Crippen molar-refractivity contribution in [3.63, 3.8) is 0 Å². The van der Waals surface area contributed by atoms with Gasteiger partial charge in [-0.05, 0) is 105 Å². The lowest BCUT2D eigenvalue weighted by atomic mass is 10.0. The molecule has 37 heteroatoms. The summed E-state index contributed by atoms with van der Waals surface area (Å²) in [7, 11) is 0. The third kappa shape index (κ3) is 30.3. The number of nitrogens with zero attached hydrogens (tertiary/aromatic N) is 1. The molecule has 37 nitrogen and oxygen atoms in total. The molecule has 13 amide bonds. The molecule has 0 radical (unpaired) electrons. The lowest BCUT2D eigenvalue weighted by Crippen LogP contribution is -2.62. The normalized spacial score (nSPS) is 15.9. The van der Waals surface area contributed by atoms with E-state index in [1.807, 2.05) is 0 Å². The van der Waals surface area contributed by atoms with Crippen LogP contribution in [0, 0.1) is 11.8 Å². The van der Waals surface area contributed by atoms with E-state index in [0.717, 1.165) is 11.8 Å². The molecule has 0 unspecified atom stereocenters. The number of nitrogens with two attached hydrogens (primary N) is 4. The summed E-state index contributed by atoms with van der Waals surface area (Å²) < 4.78 is 0. The summed E-state index contributed by atoms with van der Waals surface area (Å²) in [5.41, 5.74) is 23.9. The Morgan fingerprint density at radius 1 is 0.449 bits per heavy atom. The van der Waals surface area contributed by atoms with Gasteiger partial charge in [0.05, 0.1) is 37.8 Å². The number of carbonyl (C=O) groups is 16. The lowest BCUT2D eigenvalue weighted by Gasteiger charge is -2.30. The van der Waals surface area contributed by atoms with Gasteiger partial charge in [0.1, 0.15) is 78.0 Å². The van der Waals surface area contributed by atoms with Crippen molar-refractivity contribution in [2.45, 2.75) is 203 Å². The number of carboxylic acid groups (broad SMARTS) is 3. The Labute approximate surface area is 615 Å². The number of primary amides is 2. The van der Waals surface area contributed by atoms with Gasteiger partial charge in [0, 0.05) is 25.8 Å². The highest BCUT2D eigenvalue weighted by molar-refractivity contribution is 6.02. The zero-order chi connectivity index (χ0) is 79.9. The fraction of sp³-hybridized carbons (Fsp3) is 0.514. The summed E-state index contributed by atoms with van der Waals surface area (Å²) in [5, 5.41) is 83.8. The number of likely N-dealkylation sites (tertiary alicyclic amines) is 1. The van der Waals surface area contributed by atoms with Crippen molar-refractivity contribution in [2.24, 2.45) is 34.8 Å². The van der Waals surface area contributed by atoms with Crippen LogP contribution in [0.25, 0.3) is 0 Å². The standard InChI is InChI=1S/C70H99N15O22/c1-35(2)26-44(75-65(101)50(34-57(93)94)80-67(103)53-15-11-25-85(53)69(105)51(30-40-18-22-42(88)23-19-40)82-59(95)43(72)14-9-10-24-71)60(96)77-47(31-54(73)89)63(99)76-45(28-38-12-7-6-8-13-38)61(97)79-49(33-56(91)92)64(100)78-48(32-55(74)90)66(102)84-58(37(5)86)68(104)81-46(29-39-16-20-41(87)21-17-39)62(98)83-52(70(106)107)27-36(3)4/h6-8,12-13,16-23,35-37,43-53,58,86-88H,9-11,14-15,24-34,71-72H2,1-5H3,(H2,73,89)(H2,74,90)(H,75,101)(H,76,99)(H,77,96)(H,78,100)(H,79,97)(H,80,103)(H,81,104)(H,82,95)(H,83,98)(H,84,102)(H,91,92)(H,93,94)(H,106,107)/t37-,43+,44+,45+,46+,47+,48+,49+,50+,51+,52+,53+,58+/m1/s1. The Hall–Kier alpha value is -11.3. The predicted molar refractivity (Wildman–Crippen MR) is 379 cm³/mol. The number of nitrogens with one attached hydrogen (secondary N) is 10. The number of aliphatic carboxylic acids is 3. The second-order valence-electron chi connectivity index (χ2n) is 26.9. The van der Waals surface area contributed by atoms with Gasteiger partial charge in [-0.25, -0.2) is 4.79 Å².